The van der Waals surface area contributed by atoms with E-state index in [1.54, 1.807) is 32.0 Å². The van der Waals surface area contributed by atoms with Crippen molar-refractivity contribution in [2.45, 2.75) is 13.8 Å². The van der Waals surface area contributed by atoms with E-state index in [1.165, 1.54) is 6.26 Å². The molecule has 1 aromatic carbocycles. The van der Waals surface area contributed by atoms with Gasteiger partial charge in [0.1, 0.15) is 25.2 Å². The molecule has 2 aromatic rings. The Balaban J connectivity index is 1.80. The molecule has 1 aliphatic carbocycles. The molecule has 0 saturated carbocycles. The van der Waals surface area contributed by atoms with Gasteiger partial charge in [0.25, 0.3) is 0 Å². The third kappa shape index (κ3) is 2.21. The second-order valence-electron chi connectivity index (χ2n) is 5.95. The molecule has 0 amide bonds. The Morgan fingerprint density at radius 1 is 0.960 bits per heavy atom. The van der Waals surface area contributed by atoms with E-state index in [4.69, 9.17) is 13.9 Å². The number of rotatable bonds is 2. The zero-order chi connectivity index (χ0) is 17.7. The van der Waals surface area contributed by atoms with E-state index in [-0.39, 0.29) is 16.9 Å². The highest BCUT2D eigenvalue weighted by molar-refractivity contribution is 6.53. The van der Waals surface area contributed by atoms with Crippen LogP contribution in [0.3, 0.4) is 0 Å². The van der Waals surface area contributed by atoms with Gasteiger partial charge in [-0.15, -0.1) is 0 Å². The van der Waals surface area contributed by atoms with E-state index in [1.807, 2.05) is 0 Å². The van der Waals surface area contributed by atoms with Crippen molar-refractivity contribution in [1.82, 2.24) is 0 Å². The van der Waals surface area contributed by atoms with Crippen LogP contribution >= 0.6 is 0 Å². The van der Waals surface area contributed by atoms with E-state index in [9.17, 15) is 14.4 Å². The molecule has 1 aromatic heterocycles. The summed E-state index contributed by atoms with van der Waals surface area (Å²) in [5.41, 5.74) is 1.35. The lowest BCUT2D eigenvalue weighted by Gasteiger charge is -2.18. The molecule has 6 heteroatoms. The molecule has 25 heavy (non-hydrogen) atoms. The summed E-state index contributed by atoms with van der Waals surface area (Å²) >= 11 is 0. The summed E-state index contributed by atoms with van der Waals surface area (Å²) in [5, 5.41) is 0. The van der Waals surface area contributed by atoms with Crippen LogP contribution in [0.1, 0.15) is 45.9 Å². The molecule has 0 fully saturated rings. The molecule has 2 aliphatic rings. The highest BCUT2D eigenvalue weighted by atomic mass is 16.6. The van der Waals surface area contributed by atoms with E-state index < -0.39 is 17.3 Å². The molecular formula is C19H14O6. The zero-order valence-electron chi connectivity index (χ0n) is 13.7. The second kappa shape index (κ2) is 5.44. The van der Waals surface area contributed by atoms with Crippen molar-refractivity contribution in [2.24, 2.45) is 0 Å². The number of hydrogen-bond donors (Lipinski definition) is 0. The number of ether oxygens (including phenoxy) is 2. The first-order valence-electron chi connectivity index (χ1n) is 7.81. The summed E-state index contributed by atoms with van der Waals surface area (Å²) in [7, 11) is 0. The van der Waals surface area contributed by atoms with Gasteiger partial charge in [-0.1, -0.05) is 0 Å². The van der Waals surface area contributed by atoms with Gasteiger partial charge in [0, 0.05) is 11.1 Å². The van der Waals surface area contributed by atoms with Gasteiger partial charge < -0.3 is 13.9 Å². The monoisotopic (exact) mass is 338 g/mol. The minimum Gasteiger partial charge on any atom is -0.486 e. The molecular weight excluding hydrogens is 324 g/mol. The van der Waals surface area contributed by atoms with Crippen molar-refractivity contribution < 1.29 is 28.3 Å². The normalized spacial score (nSPS) is 16.1. The van der Waals surface area contributed by atoms with Crippen molar-refractivity contribution in [3.8, 4) is 11.5 Å². The lowest BCUT2D eigenvalue weighted by atomic mass is 9.87. The lowest BCUT2D eigenvalue weighted by Crippen LogP contribution is -2.23. The molecule has 4 rings (SSSR count). The van der Waals surface area contributed by atoms with Crippen LogP contribution in [0.2, 0.25) is 0 Å². The molecule has 0 N–H and O–H groups in total. The molecule has 6 nitrogen and oxygen atoms in total. The summed E-state index contributed by atoms with van der Waals surface area (Å²) in [4.78, 5) is 37.4. The van der Waals surface area contributed by atoms with Crippen molar-refractivity contribution in [2.75, 3.05) is 13.2 Å². The molecule has 2 heterocycles. The van der Waals surface area contributed by atoms with E-state index >= 15 is 0 Å². The summed E-state index contributed by atoms with van der Waals surface area (Å²) in [6.07, 6.45) is 1.23. The number of allylic oxidation sites excluding steroid dienone is 2. The van der Waals surface area contributed by atoms with Gasteiger partial charge in [0.15, 0.2) is 17.3 Å². The van der Waals surface area contributed by atoms with Gasteiger partial charge in [-0.05, 0) is 37.6 Å². The van der Waals surface area contributed by atoms with Gasteiger partial charge >= 0.3 is 0 Å². The maximum Gasteiger partial charge on any atom is 0.237 e. The average Bonchev–Trinajstić information content (AvgIpc) is 3.08. The van der Waals surface area contributed by atoms with Crippen LogP contribution in [0.15, 0.2) is 34.5 Å². The van der Waals surface area contributed by atoms with Crippen LogP contribution in [0.25, 0.3) is 5.57 Å². The number of Topliss-reactive ketones (excluding diaryl/α,β-unsaturated/α-hetero) is 2. The highest BCUT2D eigenvalue weighted by Gasteiger charge is 2.36. The summed E-state index contributed by atoms with van der Waals surface area (Å²) < 4.78 is 16.4. The number of carbonyl (C=O) groups excluding carboxylic acids is 3. The molecule has 0 atom stereocenters. The van der Waals surface area contributed by atoms with Gasteiger partial charge in [0.05, 0.1) is 11.1 Å². The number of furan rings is 1. The highest BCUT2D eigenvalue weighted by Crippen LogP contribution is 2.35. The Bertz CT molecular complexity index is 976. The topological polar surface area (TPSA) is 82.8 Å². The van der Waals surface area contributed by atoms with Gasteiger partial charge in [0.2, 0.25) is 11.6 Å². The lowest BCUT2D eigenvalue weighted by molar-refractivity contribution is -0.111. The largest absolute Gasteiger partial charge is 0.486 e. The molecule has 0 spiro atoms. The fourth-order valence-electron chi connectivity index (χ4n) is 2.99. The van der Waals surface area contributed by atoms with Crippen molar-refractivity contribution >= 4 is 22.9 Å². The van der Waals surface area contributed by atoms with E-state index in [0.717, 1.165) is 0 Å². The third-order valence-electron chi connectivity index (χ3n) is 4.52. The Labute approximate surface area is 143 Å². The maximum atomic E-state index is 12.9. The molecule has 0 unspecified atom stereocenters. The molecule has 1 aliphatic heterocycles. The van der Waals surface area contributed by atoms with Crippen LogP contribution in [0, 0.1) is 0 Å². The minimum atomic E-state index is -0.715. The minimum absolute atomic E-state index is 0.0352. The van der Waals surface area contributed by atoms with Crippen LogP contribution in [-0.4, -0.2) is 30.6 Å². The first-order valence-corrected chi connectivity index (χ1v) is 7.81. The number of benzene rings is 1. The van der Waals surface area contributed by atoms with Gasteiger partial charge in [-0.3, -0.25) is 14.4 Å². The molecule has 0 saturated heterocycles. The van der Waals surface area contributed by atoms with Crippen molar-refractivity contribution in [3.05, 3.63) is 52.5 Å². The van der Waals surface area contributed by atoms with Crippen molar-refractivity contribution in [3.63, 3.8) is 0 Å². The Hall–Kier alpha value is -3.15. The van der Waals surface area contributed by atoms with Gasteiger partial charge in [-0.25, -0.2) is 0 Å². The number of hydrogen-bond acceptors (Lipinski definition) is 6. The fourth-order valence-corrected chi connectivity index (χ4v) is 2.99. The predicted octanol–water partition coefficient (Wildman–Crippen LogP) is 2.84. The van der Waals surface area contributed by atoms with E-state index in [0.29, 0.717) is 41.4 Å². The summed E-state index contributed by atoms with van der Waals surface area (Å²) in [5.74, 6) is -0.407. The second-order valence-corrected chi connectivity index (χ2v) is 5.95. The molecule has 126 valence electrons. The number of ketones is 3. The quantitative estimate of drug-likeness (QED) is 0.618. The standard InChI is InChI=1S/C19H14O6/c1-9-10(2)19-15(18(22)16(9)20)12(8-25-19)17(21)11-3-4-13-14(7-11)24-6-5-23-13/h3-4,7-8H,5-6H2,1-2H3. The van der Waals surface area contributed by atoms with Gasteiger partial charge in [-0.2, -0.15) is 0 Å². The average molecular weight is 338 g/mol. The van der Waals surface area contributed by atoms with Crippen molar-refractivity contribution in [1.29, 1.82) is 0 Å². The van der Waals surface area contributed by atoms with Crippen LogP contribution < -0.4 is 9.47 Å². The molecule has 0 bridgehead atoms. The number of fused-ring (bicyclic) bond motifs is 2. The zero-order valence-corrected chi connectivity index (χ0v) is 13.7. The third-order valence-corrected chi connectivity index (χ3v) is 4.52. The number of carbonyl (C=O) groups is 3. The predicted molar refractivity (Wildman–Crippen MR) is 87.2 cm³/mol. The Kier molecular flexibility index (Phi) is 3.35. The first kappa shape index (κ1) is 15.4. The fraction of sp³-hybridized carbons (Fsp3) is 0.211. The van der Waals surface area contributed by atoms with Crippen LogP contribution in [0.5, 0.6) is 11.5 Å². The van der Waals surface area contributed by atoms with E-state index in [2.05, 4.69) is 0 Å². The summed E-state index contributed by atoms with van der Waals surface area (Å²) in [6.45, 7) is 4.13. The SMILES string of the molecule is CC1=C(C)c2occ(C(=O)c3ccc4c(c3)OCCO4)c2C(=O)C1=O. The smallest absolute Gasteiger partial charge is 0.237 e. The Morgan fingerprint density at radius 3 is 2.44 bits per heavy atom. The Morgan fingerprint density at radius 2 is 1.68 bits per heavy atom. The van der Waals surface area contributed by atoms with Crippen LogP contribution in [-0.2, 0) is 4.79 Å². The van der Waals surface area contributed by atoms with Crippen LogP contribution in [0.4, 0.5) is 0 Å². The summed E-state index contributed by atoms with van der Waals surface area (Å²) in [6, 6.07) is 4.81. The molecule has 0 radical (unpaired) electrons. The first-order chi connectivity index (χ1) is 12.0. The maximum absolute atomic E-state index is 12.9.